The average molecular weight is 497 g/mol. The molecule has 37 heavy (non-hydrogen) atoms. The number of anilines is 2. The van der Waals surface area contributed by atoms with E-state index in [9.17, 15) is 14.4 Å². The van der Waals surface area contributed by atoms with E-state index in [4.69, 9.17) is 14.6 Å². The number of amides is 2. The van der Waals surface area contributed by atoms with E-state index in [2.05, 4.69) is 16.7 Å². The number of hydrogen-bond donors (Lipinski definition) is 3. The SMILES string of the molecule is O=C(O)CCc1cccc(NC(=O)c2cc3c(cc2NC(=O)C2=CCC=c4ccccc4=C2)OCO3)c1. The van der Waals surface area contributed by atoms with Crippen molar-refractivity contribution in [1.29, 1.82) is 0 Å². The van der Waals surface area contributed by atoms with Crippen LogP contribution in [0.4, 0.5) is 11.4 Å². The second-order valence-electron chi connectivity index (χ2n) is 8.63. The van der Waals surface area contributed by atoms with E-state index in [0.717, 1.165) is 16.0 Å². The van der Waals surface area contributed by atoms with Crippen molar-refractivity contribution in [2.45, 2.75) is 19.3 Å². The smallest absolute Gasteiger partial charge is 0.303 e. The van der Waals surface area contributed by atoms with E-state index in [0.29, 0.717) is 35.6 Å². The molecule has 2 aliphatic rings. The standard InChI is InChI=1S/C29H24N2O6/c32-27(33)12-11-18-5-3-10-22(13-18)30-29(35)23-15-25-26(37-17-36-25)16-24(23)31-28(34)21-9-4-8-19-6-1-2-7-20(19)14-21/h1-3,5-10,13-16H,4,11-12,17H2,(H,30,35)(H,31,34)(H,32,33). The molecule has 2 amide bonds. The van der Waals surface area contributed by atoms with Crippen LogP contribution in [0.5, 0.6) is 11.5 Å². The van der Waals surface area contributed by atoms with Crippen LogP contribution in [0.1, 0.15) is 28.8 Å². The topological polar surface area (TPSA) is 114 Å². The monoisotopic (exact) mass is 496 g/mol. The first-order valence-corrected chi connectivity index (χ1v) is 11.8. The highest BCUT2D eigenvalue weighted by Crippen LogP contribution is 2.37. The van der Waals surface area contributed by atoms with Gasteiger partial charge in [0.15, 0.2) is 11.5 Å². The zero-order valence-electron chi connectivity index (χ0n) is 19.8. The lowest BCUT2D eigenvalue weighted by Crippen LogP contribution is -2.24. The molecule has 1 aliphatic heterocycles. The molecule has 3 aromatic rings. The van der Waals surface area contributed by atoms with Crippen molar-refractivity contribution in [2.24, 2.45) is 0 Å². The zero-order valence-corrected chi connectivity index (χ0v) is 19.8. The summed E-state index contributed by atoms with van der Waals surface area (Å²) in [5, 5.41) is 16.6. The quantitative estimate of drug-likeness (QED) is 0.463. The summed E-state index contributed by atoms with van der Waals surface area (Å²) in [5.41, 5.74) is 2.26. The molecule has 0 radical (unpaired) electrons. The maximum absolute atomic E-state index is 13.3. The lowest BCUT2D eigenvalue weighted by atomic mass is 10.1. The second kappa shape index (κ2) is 10.4. The number of fused-ring (bicyclic) bond motifs is 2. The third kappa shape index (κ3) is 5.54. The second-order valence-corrected chi connectivity index (χ2v) is 8.63. The number of aryl methyl sites for hydroxylation is 1. The van der Waals surface area contributed by atoms with Crippen LogP contribution in [0.3, 0.4) is 0 Å². The first-order valence-electron chi connectivity index (χ1n) is 11.8. The van der Waals surface area contributed by atoms with Crippen molar-refractivity contribution in [3.63, 3.8) is 0 Å². The van der Waals surface area contributed by atoms with Crippen molar-refractivity contribution in [3.8, 4) is 11.5 Å². The molecular weight excluding hydrogens is 472 g/mol. The van der Waals surface area contributed by atoms with E-state index in [1.807, 2.05) is 36.4 Å². The van der Waals surface area contributed by atoms with Crippen molar-refractivity contribution in [1.82, 2.24) is 0 Å². The molecule has 0 spiro atoms. The Balaban J connectivity index is 1.41. The van der Waals surface area contributed by atoms with Crippen molar-refractivity contribution in [2.75, 3.05) is 17.4 Å². The normalized spacial score (nSPS) is 13.2. The van der Waals surface area contributed by atoms with Crippen molar-refractivity contribution < 1.29 is 29.0 Å². The third-order valence-corrected chi connectivity index (χ3v) is 6.06. The van der Waals surface area contributed by atoms with Crippen LogP contribution < -0.4 is 30.5 Å². The first-order chi connectivity index (χ1) is 18.0. The predicted molar refractivity (Wildman–Crippen MR) is 139 cm³/mol. The van der Waals surface area contributed by atoms with Gasteiger partial charge in [0.1, 0.15) is 0 Å². The molecule has 1 heterocycles. The van der Waals surface area contributed by atoms with Gasteiger partial charge < -0.3 is 25.2 Å². The molecule has 8 heteroatoms. The number of aliphatic carboxylic acids is 1. The van der Waals surface area contributed by atoms with Gasteiger partial charge in [-0.15, -0.1) is 0 Å². The minimum Gasteiger partial charge on any atom is -0.481 e. The molecule has 0 bridgehead atoms. The van der Waals surface area contributed by atoms with Gasteiger partial charge in [0, 0.05) is 23.7 Å². The number of nitrogens with one attached hydrogen (secondary N) is 2. The zero-order chi connectivity index (χ0) is 25.8. The molecule has 186 valence electrons. The highest BCUT2D eigenvalue weighted by Gasteiger charge is 2.23. The van der Waals surface area contributed by atoms with Gasteiger partial charge in [-0.1, -0.05) is 48.6 Å². The third-order valence-electron chi connectivity index (χ3n) is 6.06. The molecule has 0 fully saturated rings. The van der Waals surface area contributed by atoms with Gasteiger partial charge in [-0.05, 0) is 53.1 Å². The molecule has 3 N–H and O–H groups in total. The Morgan fingerprint density at radius 1 is 0.838 bits per heavy atom. The van der Waals surface area contributed by atoms with E-state index in [1.54, 1.807) is 30.3 Å². The van der Waals surface area contributed by atoms with Crippen molar-refractivity contribution in [3.05, 3.63) is 93.9 Å². The largest absolute Gasteiger partial charge is 0.481 e. The Bertz CT molecular complexity index is 1560. The minimum atomic E-state index is -0.891. The van der Waals surface area contributed by atoms with Gasteiger partial charge in [-0.3, -0.25) is 14.4 Å². The van der Waals surface area contributed by atoms with Crippen LogP contribution in [0.15, 0.2) is 72.3 Å². The van der Waals surface area contributed by atoms with E-state index in [-0.39, 0.29) is 30.4 Å². The van der Waals surface area contributed by atoms with E-state index >= 15 is 0 Å². The van der Waals surface area contributed by atoms with Crippen LogP contribution in [-0.2, 0) is 16.0 Å². The number of carboxylic acid groups (broad SMARTS) is 1. The summed E-state index contributed by atoms with van der Waals surface area (Å²) in [6.45, 7) is 0.0188. The molecule has 0 unspecified atom stereocenters. The number of rotatable bonds is 7. The predicted octanol–water partition coefficient (Wildman–Crippen LogP) is 3.21. The Morgan fingerprint density at radius 2 is 1.62 bits per heavy atom. The van der Waals surface area contributed by atoms with E-state index < -0.39 is 11.9 Å². The minimum absolute atomic E-state index is 0.00908. The summed E-state index contributed by atoms with van der Waals surface area (Å²) >= 11 is 0. The summed E-state index contributed by atoms with van der Waals surface area (Å²) in [7, 11) is 0. The fraction of sp³-hybridized carbons (Fsp3) is 0.138. The number of allylic oxidation sites excluding steroid dienone is 1. The number of ether oxygens (including phenoxy) is 2. The van der Waals surface area contributed by atoms with Crippen LogP contribution in [0, 0.1) is 0 Å². The Kier molecular flexibility index (Phi) is 6.72. The van der Waals surface area contributed by atoms with Gasteiger partial charge in [0.05, 0.1) is 11.3 Å². The van der Waals surface area contributed by atoms with Crippen LogP contribution >= 0.6 is 0 Å². The summed E-state index contributed by atoms with van der Waals surface area (Å²) in [6, 6.07) is 17.9. The number of hydrogen-bond acceptors (Lipinski definition) is 5. The first kappa shape index (κ1) is 23.9. The summed E-state index contributed by atoms with van der Waals surface area (Å²) < 4.78 is 10.9. The van der Waals surface area contributed by atoms with E-state index in [1.165, 1.54) is 6.07 Å². The van der Waals surface area contributed by atoms with Crippen molar-refractivity contribution >= 4 is 41.3 Å². The molecule has 8 nitrogen and oxygen atoms in total. The Morgan fingerprint density at radius 3 is 2.43 bits per heavy atom. The average Bonchev–Trinajstić information content (AvgIpc) is 3.23. The maximum Gasteiger partial charge on any atom is 0.303 e. The molecule has 0 atom stereocenters. The lowest BCUT2D eigenvalue weighted by Gasteiger charge is -2.14. The molecule has 3 aromatic carbocycles. The number of carboxylic acids is 1. The summed E-state index contributed by atoms with van der Waals surface area (Å²) in [6.07, 6.45) is 6.65. The fourth-order valence-corrected chi connectivity index (χ4v) is 4.21. The van der Waals surface area contributed by atoms with Gasteiger partial charge in [-0.2, -0.15) is 0 Å². The van der Waals surface area contributed by atoms with Crippen LogP contribution in [0.2, 0.25) is 0 Å². The summed E-state index contributed by atoms with van der Waals surface area (Å²) in [4.78, 5) is 37.5. The lowest BCUT2D eigenvalue weighted by molar-refractivity contribution is -0.137. The maximum atomic E-state index is 13.3. The molecule has 0 saturated carbocycles. The van der Waals surface area contributed by atoms with Crippen LogP contribution in [0.25, 0.3) is 12.2 Å². The van der Waals surface area contributed by atoms with Gasteiger partial charge in [0.2, 0.25) is 6.79 Å². The Hall–Kier alpha value is -4.85. The van der Waals surface area contributed by atoms with Crippen LogP contribution in [-0.4, -0.2) is 29.7 Å². The highest BCUT2D eigenvalue weighted by molar-refractivity contribution is 6.15. The van der Waals surface area contributed by atoms with Gasteiger partial charge in [0.25, 0.3) is 11.8 Å². The molecule has 5 rings (SSSR count). The highest BCUT2D eigenvalue weighted by atomic mass is 16.7. The number of carbonyl (C=O) groups excluding carboxylic acids is 2. The fourth-order valence-electron chi connectivity index (χ4n) is 4.21. The van der Waals surface area contributed by atoms with Gasteiger partial charge in [-0.25, -0.2) is 0 Å². The molecule has 0 saturated heterocycles. The number of carbonyl (C=O) groups is 3. The molecule has 1 aliphatic carbocycles. The summed E-state index contributed by atoms with van der Waals surface area (Å²) in [5.74, 6) is -0.866. The number of benzene rings is 3. The molecule has 0 aromatic heterocycles. The molecular formula is C29H24N2O6. The Labute approximate surface area is 212 Å². The van der Waals surface area contributed by atoms with Gasteiger partial charge >= 0.3 is 5.97 Å².